The number of nitrogens with zero attached hydrogens (tertiary/aromatic N) is 2. The molecular formula is C31H35N4O6+. The van der Waals surface area contributed by atoms with E-state index in [2.05, 4.69) is 5.32 Å². The first-order chi connectivity index (χ1) is 19.5. The summed E-state index contributed by atoms with van der Waals surface area (Å²) >= 11 is 0. The van der Waals surface area contributed by atoms with Gasteiger partial charge in [-0.3, -0.25) is 9.59 Å². The van der Waals surface area contributed by atoms with Crippen LogP contribution in [0.4, 0.5) is 5.69 Å². The number of aromatic carboxylic acids is 1. The number of carboxylic acid groups (broad SMARTS) is 2. The highest BCUT2D eigenvalue weighted by Gasteiger charge is 2.23. The van der Waals surface area contributed by atoms with Crippen LogP contribution in [0, 0.1) is 0 Å². The lowest BCUT2D eigenvalue weighted by Gasteiger charge is -2.19. The summed E-state index contributed by atoms with van der Waals surface area (Å²) in [5, 5.41) is 23.6. The van der Waals surface area contributed by atoms with E-state index in [4.69, 9.17) is 15.3 Å². The summed E-state index contributed by atoms with van der Waals surface area (Å²) in [6.45, 7) is 0.313. The number of unbranched alkanes of at least 4 members (excludes halogenated alkanes) is 1. The third-order valence-electron chi connectivity index (χ3n) is 7.05. The fourth-order valence-corrected chi connectivity index (χ4v) is 4.71. The van der Waals surface area contributed by atoms with Crippen molar-refractivity contribution in [2.24, 2.45) is 5.73 Å². The molecule has 0 unspecified atom stereocenters. The van der Waals surface area contributed by atoms with E-state index in [1.165, 1.54) is 6.07 Å². The Labute approximate surface area is 237 Å². The second-order valence-corrected chi connectivity index (χ2v) is 10.4. The topological polar surface area (TPSA) is 149 Å². The summed E-state index contributed by atoms with van der Waals surface area (Å²) in [5.41, 5.74) is 9.19. The van der Waals surface area contributed by atoms with Crippen LogP contribution in [0.3, 0.4) is 0 Å². The molecule has 10 nitrogen and oxygen atoms in total. The summed E-state index contributed by atoms with van der Waals surface area (Å²) in [7, 11) is 7.74. The number of nitrogens with one attached hydrogen (secondary N) is 1. The second-order valence-electron chi connectivity index (χ2n) is 10.4. The number of carboxylic acids is 2. The molecule has 0 saturated heterocycles. The molecule has 1 aliphatic heterocycles. The number of nitrogens with two attached hydrogens (primary N) is 1. The molecule has 2 aliphatic rings. The highest BCUT2D eigenvalue weighted by molar-refractivity contribution is 6.09. The van der Waals surface area contributed by atoms with Crippen molar-refractivity contribution < 1.29 is 29.0 Å². The third-order valence-corrected chi connectivity index (χ3v) is 7.05. The van der Waals surface area contributed by atoms with Gasteiger partial charge in [0.25, 0.3) is 5.91 Å². The van der Waals surface area contributed by atoms with Crippen LogP contribution >= 0.6 is 0 Å². The van der Waals surface area contributed by atoms with Gasteiger partial charge in [-0.1, -0.05) is 6.07 Å². The van der Waals surface area contributed by atoms with Crippen LogP contribution in [0.1, 0.15) is 40.0 Å². The molecular weight excluding hydrogens is 524 g/mol. The van der Waals surface area contributed by atoms with Crippen LogP contribution < -0.4 is 25.9 Å². The van der Waals surface area contributed by atoms with Crippen LogP contribution in [0.15, 0.2) is 59.0 Å². The molecule has 0 aromatic heterocycles. The Morgan fingerprint density at radius 1 is 0.976 bits per heavy atom. The summed E-state index contributed by atoms with van der Waals surface area (Å²) in [4.78, 5) is 38.2. The predicted molar refractivity (Wildman–Crippen MR) is 158 cm³/mol. The van der Waals surface area contributed by atoms with Gasteiger partial charge in [-0.25, -0.2) is 9.37 Å². The molecule has 0 bridgehead atoms. The van der Waals surface area contributed by atoms with Crippen molar-refractivity contribution in [2.45, 2.75) is 25.3 Å². The lowest BCUT2D eigenvalue weighted by Crippen LogP contribution is -2.30. The fraction of sp³-hybridized carbons (Fsp3) is 0.290. The summed E-state index contributed by atoms with van der Waals surface area (Å²) in [6, 6.07) is 15.3. The van der Waals surface area contributed by atoms with Gasteiger partial charge in [-0.05, 0) is 55.2 Å². The minimum atomic E-state index is -1.16. The lowest BCUT2D eigenvalue weighted by atomic mass is 9.89. The van der Waals surface area contributed by atoms with Crippen molar-refractivity contribution in [3.63, 3.8) is 0 Å². The summed E-state index contributed by atoms with van der Waals surface area (Å²) < 4.78 is 8.30. The Hall–Kier alpha value is -4.70. The average molecular weight is 560 g/mol. The fourth-order valence-electron chi connectivity index (χ4n) is 4.71. The van der Waals surface area contributed by atoms with Gasteiger partial charge < -0.3 is 30.6 Å². The molecule has 1 amide bonds. The Morgan fingerprint density at radius 2 is 1.71 bits per heavy atom. The minimum Gasteiger partial charge on any atom is -0.480 e. The second kappa shape index (κ2) is 12.2. The quantitative estimate of drug-likeness (QED) is 0.131. The van der Waals surface area contributed by atoms with E-state index >= 15 is 0 Å². The van der Waals surface area contributed by atoms with Crippen LogP contribution in [0.2, 0.25) is 0 Å². The molecule has 1 heterocycles. The van der Waals surface area contributed by atoms with Gasteiger partial charge in [0, 0.05) is 60.5 Å². The Bertz CT molecular complexity index is 1670. The molecule has 0 fully saturated rings. The number of fused-ring (bicyclic) bond motifs is 2. The number of carbonyl (C=O) groups excluding carboxylic acids is 1. The minimum absolute atomic E-state index is 0.00717. The maximum Gasteiger partial charge on any atom is 0.336 e. The molecule has 41 heavy (non-hydrogen) atoms. The molecule has 2 aromatic carbocycles. The van der Waals surface area contributed by atoms with Crippen LogP contribution in [0.5, 0.6) is 0 Å². The first kappa shape index (κ1) is 29.3. The van der Waals surface area contributed by atoms with Crippen molar-refractivity contribution >= 4 is 34.5 Å². The third kappa shape index (κ3) is 6.38. The van der Waals surface area contributed by atoms with E-state index in [0.717, 1.165) is 22.0 Å². The molecule has 0 saturated carbocycles. The molecule has 0 spiro atoms. The molecule has 2 aromatic rings. The van der Waals surface area contributed by atoms with Crippen LogP contribution in [-0.4, -0.2) is 68.8 Å². The van der Waals surface area contributed by atoms with Gasteiger partial charge in [0.05, 0.1) is 11.6 Å². The molecule has 0 radical (unpaired) electrons. The SMILES string of the molecule is CN(C)c1ccc2c(-c3ccc(C(=O)NCCCC[C@H](N)C(=O)O)cc3C(=O)O)c3ccc(=[N+](C)C)cc-3oc2c1. The Kier molecular flexibility index (Phi) is 8.73. The van der Waals surface area contributed by atoms with Crippen molar-refractivity contribution in [2.75, 3.05) is 39.6 Å². The molecule has 1 aliphatic carbocycles. The van der Waals surface area contributed by atoms with Crippen LogP contribution in [0.25, 0.3) is 33.4 Å². The number of carbonyl (C=O) groups is 3. The van der Waals surface area contributed by atoms with Gasteiger partial charge in [0.1, 0.15) is 31.5 Å². The van der Waals surface area contributed by atoms with E-state index in [-0.39, 0.29) is 11.1 Å². The van der Waals surface area contributed by atoms with Crippen molar-refractivity contribution in [3.05, 3.63) is 71.1 Å². The zero-order chi connectivity index (χ0) is 29.8. The van der Waals surface area contributed by atoms with Crippen molar-refractivity contribution in [1.29, 1.82) is 0 Å². The number of hydrogen-bond donors (Lipinski definition) is 4. The maximum atomic E-state index is 12.9. The molecule has 4 rings (SSSR count). The predicted octanol–water partition coefficient (Wildman–Crippen LogP) is 3.31. The standard InChI is InChI=1S/C31H34N4O6/c1-34(2)19-9-12-22-26(16-19)41-27-17-20(35(3)4)10-13-23(27)28(22)21-11-8-18(15-24(21)30(37)38)29(36)33-14-6-5-7-25(32)31(39)40/h8-13,15-17,25H,5-7,14,32H2,1-4H3,(H2-,33,36,37,38,39,40)/p+1/t25-/m0/s1. The Balaban J connectivity index is 1.76. The highest BCUT2D eigenvalue weighted by atomic mass is 16.4. The van der Waals surface area contributed by atoms with E-state index in [1.54, 1.807) is 12.1 Å². The van der Waals surface area contributed by atoms with Gasteiger partial charge in [-0.2, -0.15) is 0 Å². The number of aliphatic carboxylic acids is 1. The van der Waals surface area contributed by atoms with Gasteiger partial charge in [0.2, 0.25) is 5.36 Å². The molecule has 10 heteroatoms. The highest BCUT2D eigenvalue weighted by Crippen LogP contribution is 2.42. The monoisotopic (exact) mass is 559 g/mol. The molecule has 1 atom stereocenters. The average Bonchev–Trinajstić information content (AvgIpc) is 2.94. The number of benzene rings is 3. The van der Waals surface area contributed by atoms with Gasteiger partial charge >= 0.3 is 11.9 Å². The first-order valence-corrected chi connectivity index (χ1v) is 13.3. The normalized spacial score (nSPS) is 11.8. The maximum absolute atomic E-state index is 12.9. The van der Waals surface area contributed by atoms with Crippen molar-refractivity contribution in [3.8, 4) is 22.5 Å². The molecule has 214 valence electrons. The van der Waals surface area contributed by atoms with Crippen molar-refractivity contribution in [1.82, 2.24) is 9.89 Å². The van der Waals surface area contributed by atoms with E-state index in [1.807, 2.05) is 74.1 Å². The first-order valence-electron chi connectivity index (χ1n) is 13.3. The van der Waals surface area contributed by atoms with E-state index < -0.39 is 23.9 Å². The number of amides is 1. The van der Waals surface area contributed by atoms with Gasteiger partial charge in [-0.15, -0.1) is 0 Å². The lowest BCUT2D eigenvalue weighted by molar-refractivity contribution is -0.138. The number of anilines is 1. The van der Waals surface area contributed by atoms with Crippen LogP contribution in [-0.2, 0) is 4.79 Å². The molecule has 5 N–H and O–H groups in total. The smallest absolute Gasteiger partial charge is 0.336 e. The zero-order valence-electron chi connectivity index (χ0n) is 23.6. The van der Waals surface area contributed by atoms with Gasteiger partial charge in [0.15, 0.2) is 0 Å². The van der Waals surface area contributed by atoms with E-state index in [0.29, 0.717) is 48.3 Å². The zero-order valence-corrected chi connectivity index (χ0v) is 23.6. The summed E-state index contributed by atoms with van der Waals surface area (Å²) in [6.07, 6.45) is 1.39. The summed E-state index contributed by atoms with van der Waals surface area (Å²) in [5.74, 6) is -2.02. The largest absolute Gasteiger partial charge is 0.480 e. The Morgan fingerprint density at radius 3 is 2.37 bits per heavy atom. The van der Waals surface area contributed by atoms with E-state index in [9.17, 15) is 19.5 Å². The number of hydrogen-bond acceptors (Lipinski definition) is 6. The number of rotatable bonds is 10.